The van der Waals surface area contributed by atoms with Gasteiger partial charge in [-0.2, -0.15) is 0 Å². The Labute approximate surface area is 241 Å². The van der Waals surface area contributed by atoms with Gasteiger partial charge in [0, 0.05) is 27.3 Å². The maximum Gasteiger partial charge on any atom is 0.131 e. The molecule has 4 rings (SSSR count). The zero-order valence-electron chi connectivity index (χ0n) is 23.9. The Morgan fingerprint density at radius 3 is 1.70 bits per heavy atom. The molecule has 0 fully saturated rings. The minimum atomic E-state index is -1.54. The first kappa shape index (κ1) is 31.0. The normalized spacial score (nSPS) is 15.1. The van der Waals surface area contributed by atoms with Crippen molar-refractivity contribution in [3.05, 3.63) is 124 Å². The second-order valence-corrected chi connectivity index (χ2v) is 15.2. The SMILES string of the molecule is C(C=Cc1ccccc1)=Cc1ccccc1.CC1=C(C)C([Si](C)(C)NC(C)C)c2cc(C)cc(C)c21.[Ti]. The molecule has 0 aromatic heterocycles. The average molecular weight is 542 g/mol. The molecule has 0 radical (unpaired) electrons. The van der Waals surface area contributed by atoms with Crippen molar-refractivity contribution in [3.8, 4) is 0 Å². The van der Waals surface area contributed by atoms with E-state index in [9.17, 15) is 0 Å². The number of allylic oxidation sites excluding steroid dienone is 4. The number of rotatable bonds is 6. The van der Waals surface area contributed by atoms with Crippen molar-refractivity contribution in [3.63, 3.8) is 0 Å². The maximum absolute atomic E-state index is 3.90. The first-order chi connectivity index (χ1) is 17.1. The summed E-state index contributed by atoms with van der Waals surface area (Å²) in [7, 11) is -1.54. The summed E-state index contributed by atoms with van der Waals surface area (Å²) in [6.45, 7) is 18.6. The van der Waals surface area contributed by atoms with E-state index in [1.807, 2.05) is 36.4 Å². The molecule has 0 saturated carbocycles. The summed E-state index contributed by atoms with van der Waals surface area (Å²) >= 11 is 0. The van der Waals surface area contributed by atoms with E-state index in [0.717, 1.165) is 0 Å². The third-order valence-electron chi connectivity index (χ3n) is 6.89. The van der Waals surface area contributed by atoms with Crippen molar-refractivity contribution in [1.82, 2.24) is 4.98 Å². The molecule has 0 aliphatic heterocycles. The molecule has 3 heteroatoms. The summed E-state index contributed by atoms with van der Waals surface area (Å²) in [4.78, 5) is 3.90. The van der Waals surface area contributed by atoms with Gasteiger partial charge in [-0.3, -0.25) is 0 Å². The van der Waals surface area contributed by atoms with Crippen LogP contribution in [0.5, 0.6) is 0 Å². The van der Waals surface area contributed by atoms with Crippen LogP contribution in [0.3, 0.4) is 0 Å². The second kappa shape index (κ2) is 14.1. The van der Waals surface area contributed by atoms with Crippen LogP contribution < -0.4 is 4.98 Å². The molecule has 3 aromatic rings. The number of hydrogen-bond donors (Lipinski definition) is 1. The molecule has 0 spiro atoms. The Bertz CT molecular complexity index is 1190. The average Bonchev–Trinajstić information content (AvgIpc) is 3.08. The monoisotopic (exact) mass is 541 g/mol. The van der Waals surface area contributed by atoms with Gasteiger partial charge < -0.3 is 4.98 Å². The number of aryl methyl sites for hydroxylation is 2. The smallest absolute Gasteiger partial charge is 0.131 e. The molecule has 1 aliphatic carbocycles. The van der Waals surface area contributed by atoms with E-state index in [2.05, 4.69) is 120 Å². The van der Waals surface area contributed by atoms with Crippen LogP contribution in [0.25, 0.3) is 17.7 Å². The molecule has 37 heavy (non-hydrogen) atoms. The largest absolute Gasteiger partial charge is 0.335 e. The summed E-state index contributed by atoms with van der Waals surface area (Å²) in [5, 5.41) is 0. The summed E-state index contributed by atoms with van der Waals surface area (Å²) in [5.74, 6) is 0. The van der Waals surface area contributed by atoms with Crippen LogP contribution in [0.2, 0.25) is 13.1 Å². The van der Waals surface area contributed by atoms with E-state index in [-0.39, 0.29) is 21.7 Å². The third-order valence-corrected chi connectivity index (χ3v) is 10.4. The number of benzene rings is 3. The molecule has 0 heterocycles. The summed E-state index contributed by atoms with van der Waals surface area (Å²) in [6.07, 6.45) is 8.31. The van der Waals surface area contributed by atoms with Crippen LogP contribution in [0.4, 0.5) is 0 Å². The van der Waals surface area contributed by atoms with Gasteiger partial charge in [0.1, 0.15) is 8.24 Å². The fraction of sp³-hybridized carbons (Fsp3) is 0.294. The van der Waals surface area contributed by atoms with Gasteiger partial charge in [-0.05, 0) is 67.1 Å². The van der Waals surface area contributed by atoms with Crippen molar-refractivity contribution in [1.29, 1.82) is 0 Å². The van der Waals surface area contributed by atoms with Gasteiger partial charge in [-0.1, -0.05) is 135 Å². The molecule has 0 saturated heterocycles. The van der Waals surface area contributed by atoms with E-state index in [4.69, 9.17) is 0 Å². The van der Waals surface area contributed by atoms with Crippen LogP contribution in [0.1, 0.15) is 66.6 Å². The number of nitrogens with one attached hydrogen (secondary N) is 1. The first-order valence-corrected chi connectivity index (χ1v) is 16.2. The van der Waals surface area contributed by atoms with Crippen molar-refractivity contribution in [2.45, 2.75) is 66.2 Å². The van der Waals surface area contributed by atoms with Gasteiger partial charge in [0.05, 0.1) is 0 Å². The quantitative estimate of drug-likeness (QED) is 0.242. The van der Waals surface area contributed by atoms with Gasteiger partial charge >= 0.3 is 0 Å². The molecule has 1 atom stereocenters. The molecule has 1 N–H and O–H groups in total. The summed E-state index contributed by atoms with van der Waals surface area (Å²) in [6, 6.07) is 25.9. The third kappa shape index (κ3) is 8.38. The fourth-order valence-electron chi connectivity index (χ4n) is 5.61. The Morgan fingerprint density at radius 2 is 1.24 bits per heavy atom. The minimum absolute atomic E-state index is 0. The molecular formula is C34H43NSiTi. The maximum atomic E-state index is 3.90. The van der Waals surface area contributed by atoms with E-state index < -0.39 is 8.24 Å². The van der Waals surface area contributed by atoms with Crippen molar-refractivity contribution in [2.75, 3.05) is 0 Å². The molecular weight excluding hydrogens is 498 g/mol. The fourth-order valence-corrected chi connectivity index (χ4v) is 9.57. The van der Waals surface area contributed by atoms with Gasteiger partial charge in [0.15, 0.2) is 0 Å². The Balaban J connectivity index is 0.000000259. The van der Waals surface area contributed by atoms with E-state index >= 15 is 0 Å². The molecule has 1 aliphatic rings. The predicted octanol–water partition coefficient (Wildman–Crippen LogP) is 9.35. The molecule has 0 amide bonds. The van der Waals surface area contributed by atoms with E-state index in [1.54, 1.807) is 11.1 Å². The van der Waals surface area contributed by atoms with Gasteiger partial charge in [0.25, 0.3) is 0 Å². The molecule has 192 valence electrons. The molecule has 0 bridgehead atoms. The van der Waals surface area contributed by atoms with Crippen molar-refractivity contribution >= 4 is 26.0 Å². The van der Waals surface area contributed by atoms with Crippen LogP contribution in [0, 0.1) is 13.8 Å². The van der Waals surface area contributed by atoms with Gasteiger partial charge in [0.2, 0.25) is 0 Å². The zero-order chi connectivity index (χ0) is 26.3. The van der Waals surface area contributed by atoms with E-state index in [0.29, 0.717) is 11.6 Å². The van der Waals surface area contributed by atoms with E-state index in [1.165, 1.54) is 33.4 Å². The van der Waals surface area contributed by atoms with Gasteiger partial charge in [-0.15, -0.1) is 0 Å². The Morgan fingerprint density at radius 1 is 0.757 bits per heavy atom. The minimum Gasteiger partial charge on any atom is -0.335 e. The van der Waals surface area contributed by atoms with Crippen LogP contribution in [-0.4, -0.2) is 14.3 Å². The topological polar surface area (TPSA) is 12.0 Å². The Kier molecular flexibility index (Phi) is 11.8. The van der Waals surface area contributed by atoms with Gasteiger partial charge in [-0.25, -0.2) is 0 Å². The summed E-state index contributed by atoms with van der Waals surface area (Å²) in [5.41, 5.74) is 12.1. The molecule has 1 nitrogen and oxygen atoms in total. The number of hydrogen-bond acceptors (Lipinski definition) is 1. The first-order valence-electron chi connectivity index (χ1n) is 13.1. The standard InChI is InChI=1S/C18H29NSi.C16H14.Ti/c1-11(2)19-20(7,8)18-15(6)14(5)17-13(4)9-12(3)10-16(17)18;1-3-9-15(10-4-1)13-7-8-14-16-11-5-2-6-12-16;/h9-11,18-19H,1-8H3;1-14H;. The van der Waals surface area contributed by atoms with Crippen LogP contribution in [0.15, 0.2) is 90.5 Å². The molecule has 3 aromatic carbocycles. The van der Waals surface area contributed by atoms with Crippen LogP contribution >= 0.6 is 0 Å². The second-order valence-electron chi connectivity index (χ2n) is 10.8. The predicted molar refractivity (Wildman–Crippen MR) is 164 cm³/mol. The van der Waals surface area contributed by atoms with Crippen LogP contribution in [-0.2, 0) is 21.7 Å². The summed E-state index contributed by atoms with van der Waals surface area (Å²) < 4.78 is 0. The van der Waals surface area contributed by atoms with Crippen molar-refractivity contribution in [2.24, 2.45) is 0 Å². The van der Waals surface area contributed by atoms with Crippen molar-refractivity contribution < 1.29 is 21.7 Å². The number of fused-ring (bicyclic) bond motifs is 1. The zero-order valence-corrected chi connectivity index (χ0v) is 26.5. The molecule has 1 unspecified atom stereocenters. The Hall–Kier alpha value is -2.23.